The average molecular weight is 287 g/mol. The van der Waals surface area contributed by atoms with Crippen LogP contribution < -0.4 is 5.73 Å². The zero-order chi connectivity index (χ0) is 15.9. The maximum absolute atomic E-state index is 11.7. The molecule has 0 rings (SSSR count). The summed E-state index contributed by atoms with van der Waals surface area (Å²) in [6.45, 7) is 11.4. The van der Waals surface area contributed by atoms with E-state index < -0.39 is 17.6 Å². The van der Waals surface area contributed by atoms with E-state index in [-0.39, 0.29) is 24.9 Å². The summed E-state index contributed by atoms with van der Waals surface area (Å²) in [4.78, 5) is 23.3. The summed E-state index contributed by atoms with van der Waals surface area (Å²) in [5.74, 6) is -0.353. The standard InChI is InChI=1S/C15H29NO4/c1-10(2)9-11(3)19-14(18)12(16)7-8-13(17)20-15(4,5)6/h10-12H,7-9,16H2,1-6H3/t11?,12-/m0/s1. The van der Waals surface area contributed by atoms with E-state index in [1.54, 1.807) is 20.8 Å². The van der Waals surface area contributed by atoms with Gasteiger partial charge < -0.3 is 15.2 Å². The Morgan fingerprint density at radius 1 is 1.15 bits per heavy atom. The van der Waals surface area contributed by atoms with Gasteiger partial charge in [0.05, 0.1) is 6.10 Å². The molecule has 0 spiro atoms. The van der Waals surface area contributed by atoms with Crippen molar-refractivity contribution < 1.29 is 19.1 Å². The van der Waals surface area contributed by atoms with E-state index in [4.69, 9.17) is 15.2 Å². The molecule has 0 aliphatic heterocycles. The largest absolute Gasteiger partial charge is 0.462 e. The summed E-state index contributed by atoms with van der Waals surface area (Å²) in [6, 6.07) is -0.780. The zero-order valence-corrected chi connectivity index (χ0v) is 13.6. The van der Waals surface area contributed by atoms with Crippen molar-refractivity contribution in [1.82, 2.24) is 0 Å². The molecule has 0 radical (unpaired) electrons. The topological polar surface area (TPSA) is 78.6 Å². The van der Waals surface area contributed by atoms with Crippen LogP contribution in [-0.2, 0) is 19.1 Å². The number of esters is 2. The van der Waals surface area contributed by atoms with E-state index in [1.165, 1.54) is 0 Å². The van der Waals surface area contributed by atoms with Gasteiger partial charge in [-0.2, -0.15) is 0 Å². The maximum Gasteiger partial charge on any atom is 0.323 e. The summed E-state index contributed by atoms with van der Waals surface area (Å²) in [6.07, 6.45) is 0.994. The molecule has 5 nitrogen and oxygen atoms in total. The van der Waals surface area contributed by atoms with Crippen LogP contribution in [0.2, 0.25) is 0 Å². The van der Waals surface area contributed by atoms with Crippen LogP contribution in [0.25, 0.3) is 0 Å². The van der Waals surface area contributed by atoms with E-state index >= 15 is 0 Å². The normalized spacial score (nSPS) is 14.8. The van der Waals surface area contributed by atoms with Crippen molar-refractivity contribution in [3.8, 4) is 0 Å². The molecule has 0 aliphatic rings. The minimum absolute atomic E-state index is 0.117. The Morgan fingerprint density at radius 2 is 1.70 bits per heavy atom. The number of hydrogen-bond donors (Lipinski definition) is 1. The fraction of sp³-hybridized carbons (Fsp3) is 0.867. The Balaban J connectivity index is 4.05. The Labute approximate surface area is 122 Å². The monoisotopic (exact) mass is 287 g/mol. The second kappa shape index (κ2) is 8.25. The Bertz CT molecular complexity index is 320. The Morgan fingerprint density at radius 3 is 2.15 bits per heavy atom. The third-order valence-corrected chi connectivity index (χ3v) is 2.50. The van der Waals surface area contributed by atoms with Gasteiger partial charge in [0.2, 0.25) is 0 Å². The fourth-order valence-electron chi connectivity index (χ4n) is 1.78. The number of carbonyl (C=O) groups is 2. The second-order valence-electron chi connectivity index (χ2n) is 6.61. The maximum atomic E-state index is 11.7. The van der Waals surface area contributed by atoms with Crippen molar-refractivity contribution in [3.05, 3.63) is 0 Å². The molecule has 0 aromatic carbocycles. The van der Waals surface area contributed by atoms with Gasteiger partial charge in [-0.15, -0.1) is 0 Å². The van der Waals surface area contributed by atoms with E-state index in [0.717, 1.165) is 6.42 Å². The Kier molecular flexibility index (Phi) is 7.79. The first kappa shape index (κ1) is 18.9. The lowest BCUT2D eigenvalue weighted by Gasteiger charge is -2.20. The SMILES string of the molecule is CC(C)CC(C)OC(=O)[C@@H](N)CCC(=O)OC(C)(C)C. The first-order chi connectivity index (χ1) is 9.01. The van der Waals surface area contributed by atoms with Crippen LogP contribution in [0.4, 0.5) is 0 Å². The van der Waals surface area contributed by atoms with Gasteiger partial charge in [-0.25, -0.2) is 0 Å². The van der Waals surface area contributed by atoms with Crippen LogP contribution in [0.5, 0.6) is 0 Å². The summed E-state index contributed by atoms with van der Waals surface area (Å²) in [5, 5.41) is 0. The molecule has 0 saturated heterocycles. The molecule has 0 fully saturated rings. The van der Waals surface area contributed by atoms with Crippen molar-refractivity contribution in [1.29, 1.82) is 0 Å². The highest BCUT2D eigenvalue weighted by atomic mass is 16.6. The highest BCUT2D eigenvalue weighted by Gasteiger charge is 2.22. The van der Waals surface area contributed by atoms with E-state index in [2.05, 4.69) is 13.8 Å². The van der Waals surface area contributed by atoms with Gasteiger partial charge >= 0.3 is 11.9 Å². The number of nitrogens with two attached hydrogens (primary N) is 1. The van der Waals surface area contributed by atoms with E-state index in [0.29, 0.717) is 5.92 Å². The van der Waals surface area contributed by atoms with Crippen molar-refractivity contribution >= 4 is 11.9 Å². The van der Waals surface area contributed by atoms with Gasteiger partial charge in [-0.1, -0.05) is 13.8 Å². The molecule has 0 aromatic rings. The van der Waals surface area contributed by atoms with Crippen LogP contribution >= 0.6 is 0 Å². The lowest BCUT2D eigenvalue weighted by atomic mass is 10.1. The molecule has 0 saturated carbocycles. The van der Waals surface area contributed by atoms with Crippen LogP contribution in [0.15, 0.2) is 0 Å². The molecule has 2 N–H and O–H groups in total. The van der Waals surface area contributed by atoms with Crippen LogP contribution in [0, 0.1) is 5.92 Å². The first-order valence-electron chi connectivity index (χ1n) is 7.19. The molecule has 0 heterocycles. The summed E-state index contributed by atoms with van der Waals surface area (Å²) in [5.41, 5.74) is 5.21. The molecule has 20 heavy (non-hydrogen) atoms. The second-order valence-corrected chi connectivity index (χ2v) is 6.61. The molecule has 0 bridgehead atoms. The molecule has 1 unspecified atom stereocenters. The van der Waals surface area contributed by atoms with Crippen molar-refractivity contribution in [2.75, 3.05) is 0 Å². The zero-order valence-electron chi connectivity index (χ0n) is 13.6. The molecular weight excluding hydrogens is 258 g/mol. The quantitative estimate of drug-likeness (QED) is 0.727. The molecule has 5 heteroatoms. The molecule has 0 amide bonds. The van der Waals surface area contributed by atoms with Crippen molar-refractivity contribution in [2.45, 2.75) is 78.6 Å². The smallest absolute Gasteiger partial charge is 0.323 e. The van der Waals surface area contributed by atoms with Gasteiger partial charge in [-0.05, 0) is 46.5 Å². The Hall–Kier alpha value is -1.10. The van der Waals surface area contributed by atoms with Crippen LogP contribution in [0.3, 0.4) is 0 Å². The molecule has 118 valence electrons. The first-order valence-corrected chi connectivity index (χ1v) is 7.19. The fourth-order valence-corrected chi connectivity index (χ4v) is 1.78. The van der Waals surface area contributed by atoms with E-state index in [1.807, 2.05) is 6.92 Å². The molecule has 0 aliphatic carbocycles. The minimum Gasteiger partial charge on any atom is -0.462 e. The van der Waals surface area contributed by atoms with Gasteiger partial charge in [0.15, 0.2) is 0 Å². The van der Waals surface area contributed by atoms with Gasteiger partial charge in [0.25, 0.3) is 0 Å². The highest BCUT2D eigenvalue weighted by molar-refractivity contribution is 5.77. The van der Waals surface area contributed by atoms with Crippen molar-refractivity contribution in [3.63, 3.8) is 0 Å². The minimum atomic E-state index is -0.780. The number of hydrogen-bond acceptors (Lipinski definition) is 5. The van der Waals surface area contributed by atoms with Crippen molar-refractivity contribution in [2.24, 2.45) is 11.7 Å². The van der Waals surface area contributed by atoms with Gasteiger partial charge in [0.1, 0.15) is 11.6 Å². The van der Waals surface area contributed by atoms with Gasteiger partial charge in [0, 0.05) is 6.42 Å². The van der Waals surface area contributed by atoms with Gasteiger partial charge in [-0.3, -0.25) is 9.59 Å². The van der Waals surface area contributed by atoms with Crippen LogP contribution in [0.1, 0.15) is 60.8 Å². The van der Waals surface area contributed by atoms with E-state index in [9.17, 15) is 9.59 Å². The summed E-state index contributed by atoms with van der Waals surface area (Å²) < 4.78 is 10.4. The van der Waals surface area contributed by atoms with Crippen LogP contribution in [-0.4, -0.2) is 29.7 Å². The number of carbonyl (C=O) groups excluding carboxylic acids is 2. The summed E-state index contributed by atoms with van der Waals surface area (Å²) in [7, 11) is 0. The number of rotatable bonds is 7. The average Bonchev–Trinajstić information content (AvgIpc) is 2.21. The predicted molar refractivity (Wildman–Crippen MR) is 78.1 cm³/mol. The molecular formula is C15H29NO4. The molecule has 0 aromatic heterocycles. The lowest BCUT2D eigenvalue weighted by molar-refractivity contribution is -0.155. The molecule has 2 atom stereocenters. The number of ether oxygens (including phenoxy) is 2. The summed E-state index contributed by atoms with van der Waals surface area (Å²) >= 11 is 0. The highest BCUT2D eigenvalue weighted by Crippen LogP contribution is 2.11. The third-order valence-electron chi connectivity index (χ3n) is 2.50. The predicted octanol–water partition coefficient (Wildman–Crippen LogP) is 2.41. The lowest BCUT2D eigenvalue weighted by Crippen LogP contribution is -2.35. The third kappa shape index (κ3) is 9.78.